The van der Waals surface area contributed by atoms with Crippen LogP contribution >= 0.6 is 0 Å². The molecule has 2 aromatic rings. The van der Waals surface area contributed by atoms with E-state index in [1.54, 1.807) is 11.1 Å². The van der Waals surface area contributed by atoms with Gasteiger partial charge in [0.25, 0.3) is 0 Å². The first-order valence-electron chi connectivity index (χ1n) is 4.64. The van der Waals surface area contributed by atoms with Crippen molar-refractivity contribution in [1.29, 1.82) is 0 Å². The van der Waals surface area contributed by atoms with Gasteiger partial charge in [-0.25, -0.2) is 0 Å². The number of nitrogens with two attached hydrogens (primary N) is 2. The van der Waals surface area contributed by atoms with Gasteiger partial charge >= 0.3 is 23.5 Å². The summed E-state index contributed by atoms with van der Waals surface area (Å²) in [5.74, 6) is -1.35. The molecule has 0 bridgehead atoms. The van der Waals surface area contributed by atoms with Gasteiger partial charge in [0.2, 0.25) is 0 Å². The number of hydrogen-bond acceptors (Lipinski definition) is 10. The van der Waals surface area contributed by atoms with E-state index in [1.807, 2.05) is 0 Å². The van der Waals surface area contributed by atoms with Gasteiger partial charge in [-0.1, -0.05) is 29.7 Å². The molecule has 0 saturated carbocycles. The number of hydrazine groups is 2. The molecule has 0 atom stereocenters. The lowest BCUT2D eigenvalue weighted by atomic mass is 10.6. The van der Waals surface area contributed by atoms with Crippen LogP contribution in [-0.4, -0.2) is 39.8 Å². The van der Waals surface area contributed by atoms with Gasteiger partial charge in [-0.2, -0.15) is 0 Å². The number of hydrogen-bond donors (Lipinski definition) is 4. The molecule has 106 valence electrons. The summed E-state index contributed by atoms with van der Waals surface area (Å²) in [4.78, 5) is 20.9. The number of nitrogen functional groups attached to an aromatic ring is 2. The summed E-state index contributed by atoms with van der Waals surface area (Å²) in [5, 5.41) is 32.8. The van der Waals surface area contributed by atoms with Crippen LogP contribution in [0, 0.1) is 20.2 Å². The molecule has 0 aromatic carbocycles. The summed E-state index contributed by atoms with van der Waals surface area (Å²) in [6, 6.07) is 0. The van der Waals surface area contributed by atoms with E-state index in [0.29, 0.717) is 9.35 Å². The minimum Gasteiger partial charge on any atom is -0.346 e. The van der Waals surface area contributed by atoms with E-state index in [4.69, 9.17) is 11.5 Å². The van der Waals surface area contributed by atoms with Crippen molar-refractivity contribution in [3.63, 3.8) is 0 Å². The van der Waals surface area contributed by atoms with Crippen LogP contribution in [-0.2, 0) is 0 Å². The van der Waals surface area contributed by atoms with E-state index in [9.17, 15) is 20.2 Å². The van der Waals surface area contributed by atoms with Gasteiger partial charge in [-0.05, 0) is 11.1 Å². The Kier molecular flexibility index (Phi) is 2.87. The maximum Gasteiger partial charge on any atom is 0.339 e. The van der Waals surface area contributed by atoms with Crippen LogP contribution in [0.15, 0.2) is 0 Å². The van der Waals surface area contributed by atoms with Gasteiger partial charge in [0.15, 0.2) is 0 Å². The van der Waals surface area contributed by atoms with Crippen molar-refractivity contribution in [2.24, 2.45) is 0 Å². The van der Waals surface area contributed by atoms with Crippen molar-refractivity contribution < 1.29 is 10.1 Å². The van der Waals surface area contributed by atoms with Gasteiger partial charge in [-0.15, -0.1) is 0 Å². The SMILES string of the molecule is Nc1nnc(-c2nnc(N)n2N[N+](=O)[O-])n1N[N+](=O)[O-]. The van der Waals surface area contributed by atoms with E-state index in [0.717, 1.165) is 0 Å². The molecule has 0 unspecified atom stereocenters. The maximum absolute atomic E-state index is 10.4. The first kappa shape index (κ1) is 12.7. The molecule has 0 spiro atoms. The zero-order valence-electron chi connectivity index (χ0n) is 9.37. The maximum atomic E-state index is 10.4. The topological polar surface area (TPSA) is 224 Å². The fourth-order valence-electron chi connectivity index (χ4n) is 1.24. The normalized spacial score (nSPS) is 10.2. The Morgan fingerprint density at radius 3 is 1.50 bits per heavy atom. The summed E-state index contributed by atoms with van der Waals surface area (Å²) < 4.78 is 1.28. The first-order valence-corrected chi connectivity index (χ1v) is 4.64. The van der Waals surface area contributed by atoms with Crippen molar-refractivity contribution in [3.05, 3.63) is 20.2 Å². The second-order valence-corrected chi connectivity index (χ2v) is 3.15. The zero-order valence-corrected chi connectivity index (χ0v) is 9.37. The van der Waals surface area contributed by atoms with E-state index >= 15 is 0 Å². The van der Waals surface area contributed by atoms with Crippen molar-refractivity contribution >= 4 is 11.9 Å². The van der Waals surface area contributed by atoms with Gasteiger partial charge < -0.3 is 31.7 Å². The number of anilines is 2. The lowest BCUT2D eigenvalue weighted by molar-refractivity contribution is -0.462. The molecule has 0 aliphatic carbocycles. The minimum absolute atomic E-state index is 0.308. The van der Waals surface area contributed by atoms with E-state index in [2.05, 4.69) is 20.4 Å². The molecule has 0 aliphatic rings. The second kappa shape index (κ2) is 4.51. The van der Waals surface area contributed by atoms with Crippen LogP contribution in [0.3, 0.4) is 0 Å². The van der Waals surface area contributed by atoms with Crippen molar-refractivity contribution in [2.45, 2.75) is 0 Å². The van der Waals surface area contributed by atoms with E-state index < -0.39 is 10.1 Å². The highest BCUT2D eigenvalue weighted by Crippen LogP contribution is 2.16. The Bertz CT molecular complexity index is 613. The fourth-order valence-corrected chi connectivity index (χ4v) is 1.24. The number of aromatic nitrogens is 6. The Morgan fingerprint density at radius 2 is 1.20 bits per heavy atom. The summed E-state index contributed by atoms with van der Waals surface area (Å²) >= 11 is 0. The highest BCUT2D eigenvalue weighted by atomic mass is 16.7. The highest BCUT2D eigenvalue weighted by molar-refractivity contribution is 5.50. The molecule has 6 N–H and O–H groups in total. The Labute approximate surface area is 107 Å². The number of nitrogens with zero attached hydrogens (tertiary/aromatic N) is 8. The van der Waals surface area contributed by atoms with Crippen LogP contribution < -0.4 is 22.5 Å². The average molecular weight is 286 g/mol. The summed E-state index contributed by atoms with van der Waals surface area (Å²) in [7, 11) is 0. The molecule has 20 heavy (non-hydrogen) atoms. The molecule has 0 saturated heterocycles. The van der Waals surface area contributed by atoms with Crippen LogP contribution in [0.25, 0.3) is 11.6 Å². The molecule has 0 aliphatic heterocycles. The van der Waals surface area contributed by atoms with E-state index in [1.165, 1.54) is 0 Å². The molecule has 2 heterocycles. The largest absolute Gasteiger partial charge is 0.346 e. The third-order valence-corrected chi connectivity index (χ3v) is 1.94. The van der Waals surface area contributed by atoms with Crippen molar-refractivity contribution in [1.82, 2.24) is 29.7 Å². The van der Waals surface area contributed by atoms with Crippen LogP contribution in [0.2, 0.25) is 0 Å². The zero-order chi connectivity index (χ0) is 14.9. The quantitative estimate of drug-likeness (QED) is 0.322. The molecule has 16 nitrogen and oxygen atoms in total. The second-order valence-electron chi connectivity index (χ2n) is 3.15. The van der Waals surface area contributed by atoms with Crippen LogP contribution in [0.5, 0.6) is 0 Å². The standard InChI is InChI=1S/C4H6N12O4/c5-3-9-7-1(13(3)11-15(17)18)2-8-10-4(6)14(2)12-16(19)20/h11-12H,(H2,5,9)(H2,6,10). The summed E-state index contributed by atoms with van der Waals surface area (Å²) in [6.07, 6.45) is 0. The van der Waals surface area contributed by atoms with Crippen molar-refractivity contribution in [2.75, 3.05) is 22.5 Å². The lowest BCUT2D eigenvalue weighted by Gasteiger charge is -2.01. The van der Waals surface area contributed by atoms with Crippen molar-refractivity contribution in [3.8, 4) is 11.6 Å². The Hall–Kier alpha value is -3.72. The molecule has 2 aromatic heterocycles. The third-order valence-electron chi connectivity index (χ3n) is 1.94. The summed E-state index contributed by atoms with van der Waals surface area (Å²) in [5.41, 5.74) is 14.1. The predicted octanol–water partition coefficient (Wildman–Crippen LogP) is -2.83. The molecule has 16 heteroatoms. The van der Waals surface area contributed by atoms with Gasteiger partial charge in [0.05, 0.1) is 0 Å². The predicted molar refractivity (Wildman–Crippen MR) is 60.6 cm³/mol. The number of rotatable bonds is 5. The highest BCUT2D eigenvalue weighted by Gasteiger charge is 2.30. The molecule has 0 amide bonds. The lowest BCUT2D eigenvalue weighted by Crippen LogP contribution is -2.27. The van der Waals surface area contributed by atoms with E-state index in [-0.39, 0.29) is 23.5 Å². The molecule has 2 rings (SSSR count). The molecule has 0 radical (unpaired) electrons. The first-order chi connectivity index (χ1) is 9.40. The Balaban J connectivity index is 2.52. The van der Waals surface area contributed by atoms with Crippen LogP contribution in [0.4, 0.5) is 11.9 Å². The smallest absolute Gasteiger partial charge is 0.339 e. The molecule has 0 fully saturated rings. The summed E-state index contributed by atoms with van der Waals surface area (Å²) in [6.45, 7) is 0. The molecular weight excluding hydrogens is 280 g/mol. The van der Waals surface area contributed by atoms with Crippen LogP contribution in [0.1, 0.15) is 0 Å². The number of nitrogens with one attached hydrogen (secondary N) is 2. The van der Waals surface area contributed by atoms with Gasteiger partial charge in [0.1, 0.15) is 0 Å². The average Bonchev–Trinajstić information content (AvgIpc) is 2.85. The molecular formula is C4H6N12O4. The minimum atomic E-state index is -0.936. The third kappa shape index (κ3) is 2.14. The van der Waals surface area contributed by atoms with Gasteiger partial charge in [0, 0.05) is 10.1 Å². The van der Waals surface area contributed by atoms with Gasteiger partial charge in [-0.3, -0.25) is 0 Å². The monoisotopic (exact) mass is 286 g/mol. The fraction of sp³-hybridized carbons (Fsp3) is 0. The number of nitro groups is 2. The Morgan fingerprint density at radius 1 is 0.850 bits per heavy atom.